The fraction of sp³-hybridized carbons (Fsp3) is 0.308. The van der Waals surface area contributed by atoms with E-state index in [0.717, 1.165) is 57.1 Å². The lowest BCUT2D eigenvalue weighted by molar-refractivity contribution is -0.116. The lowest BCUT2D eigenvalue weighted by atomic mass is 9.71. The number of nitrogens with one attached hydrogen (secondary N) is 1. The van der Waals surface area contributed by atoms with Crippen molar-refractivity contribution in [1.29, 1.82) is 0 Å². The highest BCUT2D eigenvalue weighted by Crippen LogP contribution is 2.49. The van der Waals surface area contributed by atoms with E-state index in [9.17, 15) is 9.59 Å². The van der Waals surface area contributed by atoms with Crippen LogP contribution in [0.25, 0.3) is 0 Å². The Kier molecular flexibility index (Phi) is 6.51. The molecule has 5 rings (SSSR count). The van der Waals surface area contributed by atoms with Crippen LogP contribution in [0.3, 0.4) is 0 Å². The third kappa shape index (κ3) is 4.45. The van der Waals surface area contributed by atoms with Gasteiger partial charge in [-0.3, -0.25) is 9.59 Å². The van der Waals surface area contributed by atoms with E-state index >= 15 is 0 Å². The minimum Gasteiger partial charge on any atom is -0.487 e. The summed E-state index contributed by atoms with van der Waals surface area (Å²) < 4.78 is 7.95. The van der Waals surface area contributed by atoms with Gasteiger partial charge in [-0.25, -0.2) is 0 Å². The Morgan fingerprint density at radius 2 is 1.61 bits per heavy atom. The number of benzene rings is 2. The first-order valence-electron chi connectivity index (χ1n) is 11.1. The summed E-state index contributed by atoms with van der Waals surface area (Å²) in [7, 11) is 0. The van der Waals surface area contributed by atoms with Crippen LogP contribution in [0.2, 0.25) is 5.02 Å². The second-order valence-corrected chi connectivity index (χ2v) is 10.8. The monoisotopic (exact) mass is 589 g/mol. The van der Waals surface area contributed by atoms with Crippen molar-refractivity contribution in [2.24, 2.45) is 0 Å². The van der Waals surface area contributed by atoms with E-state index < -0.39 is 5.92 Å². The Hall–Kier alpha value is -1.89. The third-order valence-electron chi connectivity index (χ3n) is 6.41. The molecule has 2 aliphatic carbocycles. The van der Waals surface area contributed by atoms with E-state index in [-0.39, 0.29) is 11.6 Å². The Morgan fingerprint density at radius 3 is 2.24 bits per heavy atom. The van der Waals surface area contributed by atoms with Crippen molar-refractivity contribution >= 4 is 55.0 Å². The standard InChI is InChI=1S/C26H22Br2ClNO3/c27-15-11-17(26(18(28)12-15)33-13-14-4-1-5-16(29)10-14)23-24-19(6-2-8-21(24)31)30-20-7-3-9-22(32)25(20)23/h1,4-5,10-12,23,30H,2-3,6-9,13H2. The maximum absolute atomic E-state index is 13.2. The zero-order valence-electron chi connectivity index (χ0n) is 17.8. The zero-order valence-corrected chi connectivity index (χ0v) is 21.8. The molecule has 4 nitrogen and oxygen atoms in total. The topological polar surface area (TPSA) is 55.4 Å². The summed E-state index contributed by atoms with van der Waals surface area (Å²) in [4.78, 5) is 26.4. The second-order valence-electron chi connectivity index (χ2n) is 8.62. The molecule has 2 aromatic carbocycles. The summed E-state index contributed by atoms with van der Waals surface area (Å²) in [5.41, 5.74) is 5.12. The first-order chi connectivity index (χ1) is 15.9. The summed E-state index contributed by atoms with van der Waals surface area (Å²) in [5, 5.41) is 4.12. The molecule has 0 spiro atoms. The molecule has 1 N–H and O–H groups in total. The molecule has 0 fully saturated rings. The largest absolute Gasteiger partial charge is 0.487 e. The van der Waals surface area contributed by atoms with Gasteiger partial charge in [-0.2, -0.15) is 0 Å². The number of ether oxygens (including phenoxy) is 1. The number of hydrogen-bond donors (Lipinski definition) is 1. The van der Waals surface area contributed by atoms with Gasteiger partial charge in [0.2, 0.25) is 0 Å². The molecule has 0 aromatic heterocycles. The minimum atomic E-state index is -0.431. The highest BCUT2D eigenvalue weighted by molar-refractivity contribution is 9.11. The molecule has 170 valence electrons. The predicted molar refractivity (Wildman–Crippen MR) is 135 cm³/mol. The number of carbonyl (C=O) groups excluding carboxylic acids is 2. The minimum absolute atomic E-state index is 0.107. The van der Waals surface area contributed by atoms with E-state index in [2.05, 4.69) is 37.2 Å². The van der Waals surface area contributed by atoms with Gasteiger partial charge < -0.3 is 10.1 Å². The average Bonchev–Trinajstić information content (AvgIpc) is 2.77. The van der Waals surface area contributed by atoms with Crippen molar-refractivity contribution in [2.75, 3.05) is 0 Å². The number of rotatable bonds is 4. The maximum Gasteiger partial charge on any atom is 0.161 e. The molecule has 33 heavy (non-hydrogen) atoms. The predicted octanol–water partition coefficient (Wildman–Crippen LogP) is 7.15. The van der Waals surface area contributed by atoms with E-state index in [1.807, 2.05) is 36.4 Å². The Bertz CT molecular complexity index is 1190. The lowest BCUT2D eigenvalue weighted by Gasteiger charge is -2.37. The van der Waals surface area contributed by atoms with Crippen molar-refractivity contribution in [3.8, 4) is 5.75 Å². The molecule has 0 unspecified atom stereocenters. The molecular weight excluding hydrogens is 570 g/mol. The fourth-order valence-electron chi connectivity index (χ4n) is 5.02. The molecule has 0 atom stereocenters. The van der Waals surface area contributed by atoms with Crippen LogP contribution in [0.15, 0.2) is 67.9 Å². The van der Waals surface area contributed by atoms with Crippen LogP contribution in [0.1, 0.15) is 55.6 Å². The molecular formula is C26H22Br2ClNO3. The molecule has 2 aromatic rings. The molecule has 7 heteroatoms. The van der Waals surface area contributed by atoms with Gasteiger partial charge in [0, 0.05) is 56.4 Å². The van der Waals surface area contributed by atoms with Crippen LogP contribution in [-0.4, -0.2) is 11.6 Å². The Labute approximate surface area is 214 Å². The molecule has 3 aliphatic rings. The number of Topliss-reactive ketones (excluding diaryl/α,β-unsaturated/α-hetero) is 2. The molecule has 0 amide bonds. The van der Waals surface area contributed by atoms with Crippen molar-refractivity contribution in [3.63, 3.8) is 0 Å². The van der Waals surface area contributed by atoms with Gasteiger partial charge in [0.1, 0.15) is 12.4 Å². The Morgan fingerprint density at radius 1 is 0.939 bits per heavy atom. The summed E-state index contributed by atoms with van der Waals surface area (Å²) in [6, 6.07) is 11.4. The maximum atomic E-state index is 13.2. The van der Waals surface area contributed by atoms with E-state index in [1.54, 1.807) is 0 Å². The number of allylic oxidation sites excluding steroid dienone is 4. The first kappa shape index (κ1) is 22.9. The van der Waals surface area contributed by atoms with Crippen LogP contribution in [0.5, 0.6) is 5.75 Å². The van der Waals surface area contributed by atoms with Gasteiger partial charge in [-0.1, -0.05) is 39.7 Å². The van der Waals surface area contributed by atoms with E-state index in [4.69, 9.17) is 16.3 Å². The number of halogens is 3. The molecule has 1 aliphatic heterocycles. The van der Waals surface area contributed by atoms with Gasteiger partial charge >= 0.3 is 0 Å². The molecule has 0 radical (unpaired) electrons. The quantitative estimate of drug-likeness (QED) is 0.411. The smallest absolute Gasteiger partial charge is 0.161 e. The van der Waals surface area contributed by atoms with Gasteiger partial charge in [0.05, 0.1) is 4.47 Å². The highest BCUT2D eigenvalue weighted by atomic mass is 79.9. The summed E-state index contributed by atoms with van der Waals surface area (Å²) in [6.45, 7) is 0.318. The molecule has 1 heterocycles. The van der Waals surface area contributed by atoms with Gasteiger partial charge in [-0.05, 0) is 71.4 Å². The van der Waals surface area contributed by atoms with Crippen LogP contribution in [0, 0.1) is 0 Å². The van der Waals surface area contributed by atoms with Crippen molar-refractivity contribution in [1.82, 2.24) is 5.32 Å². The summed E-state index contributed by atoms with van der Waals surface area (Å²) in [5.74, 6) is 0.423. The normalized spacial score (nSPS) is 18.8. The third-order valence-corrected chi connectivity index (χ3v) is 7.69. The number of carbonyl (C=O) groups is 2. The van der Waals surface area contributed by atoms with Gasteiger partial charge in [0.15, 0.2) is 11.6 Å². The Balaban J connectivity index is 1.64. The van der Waals surface area contributed by atoms with Gasteiger partial charge in [0.25, 0.3) is 0 Å². The lowest BCUT2D eigenvalue weighted by Crippen LogP contribution is -2.36. The van der Waals surface area contributed by atoms with Crippen molar-refractivity contribution < 1.29 is 14.3 Å². The zero-order chi connectivity index (χ0) is 23.1. The van der Waals surface area contributed by atoms with Crippen LogP contribution < -0.4 is 10.1 Å². The van der Waals surface area contributed by atoms with E-state index in [1.165, 1.54) is 0 Å². The fourth-order valence-corrected chi connectivity index (χ4v) is 6.61. The highest BCUT2D eigenvalue weighted by Gasteiger charge is 2.41. The van der Waals surface area contributed by atoms with Crippen LogP contribution >= 0.6 is 43.5 Å². The van der Waals surface area contributed by atoms with Crippen molar-refractivity contribution in [2.45, 2.75) is 51.0 Å². The van der Waals surface area contributed by atoms with Crippen LogP contribution in [-0.2, 0) is 16.2 Å². The molecule has 0 saturated heterocycles. The second kappa shape index (κ2) is 9.40. The number of dihydropyridines is 1. The first-order valence-corrected chi connectivity index (χ1v) is 13.0. The van der Waals surface area contributed by atoms with Gasteiger partial charge in [-0.15, -0.1) is 0 Å². The van der Waals surface area contributed by atoms with Crippen molar-refractivity contribution in [3.05, 3.63) is 84.0 Å². The average molecular weight is 592 g/mol. The summed E-state index contributed by atoms with van der Waals surface area (Å²) in [6.07, 6.45) is 4.29. The molecule has 0 saturated carbocycles. The summed E-state index contributed by atoms with van der Waals surface area (Å²) >= 11 is 13.4. The molecule has 0 bridgehead atoms. The van der Waals surface area contributed by atoms with E-state index in [0.29, 0.717) is 41.4 Å². The number of ketones is 2. The number of hydrogen-bond acceptors (Lipinski definition) is 4. The van der Waals surface area contributed by atoms with Crippen LogP contribution in [0.4, 0.5) is 0 Å². The SMILES string of the molecule is O=C1CCCC2=C1C(c1cc(Br)cc(Br)c1OCc1cccc(Cl)c1)C1=C(CCCC1=O)N2.